The van der Waals surface area contributed by atoms with Crippen molar-refractivity contribution in [1.29, 1.82) is 0 Å². The number of aromatic nitrogens is 1. The van der Waals surface area contributed by atoms with Gasteiger partial charge in [0.1, 0.15) is 11.6 Å². The summed E-state index contributed by atoms with van der Waals surface area (Å²) in [5, 5.41) is 17.1. The van der Waals surface area contributed by atoms with Gasteiger partial charge in [-0.05, 0) is 77.8 Å². The smallest absolute Gasteiger partial charge is 0.217 e. The van der Waals surface area contributed by atoms with Gasteiger partial charge in [-0.15, -0.1) is 0 Å². The zero-order valence-corrected chi connectivity index (χ0v) is 19.1. The number of aliphatic hydroxyl groups is 1. The fourth-order valence-electron chi connectivity index (χ4n) is 4.66. The molecule has 0 spiro atoms. The fourth-order valence-corrected chi connectivity index (χ4v) is 4.66. The average molecular weight is 466 g/mol. The molecule has 0 bridgehead atoms. The molecular weight excluding hydrogens is 436 g/mol. The minimum atomic E-state index is -0.942. The maximum Gasteiger partial charge on any atom is 0.217 e. The van der Waals surface area contributed by atoms with Crippen molar-refractivity contribution in [3.63, 3.8) is 0 Å². The second kappa shape index (κ2) is 10.8. The lowest BCUT2D eigenvalue weighted by molar-refractivity contribution is -0.120. The molecule has 3 atom stereocenters. The lowest BCUT2D eigenvalue weighted by Crippen LogP contribution is -2.48. The lowest BCUT2D eigenvalue weighted by atomic mass is 9.85. The Morgan fingerprint density at radius 1 is 1.15 bits per heavy atom. The topological polar surface area (TPSA) is 74.2 Å². The number of pyridine rings is 1. The Morgan fingerprint density at radius 2 is 1.94 bits per heavy atom. The van der Waals surface area contributed by atoms with Crippen LogP contribution in [-0.2, 0) is 17.6 Å². The normalized spacial score (nSPS) is 17.0. The first-order valence-electron chi connectivity index (χ1n) is 11.6. The van der Waals surface area contributed by atoms with E-state index in [0.29, 0.717) is 5.56 Å². The van der Waals surface area contributed by atoms with Gasteiger partial charge in [-0.3, -0.25) is 9.78 Å². The highest BCUT2D eigenvalue weighted by Gasteiger charge is 2.25. The van der Waals surface area contributed by atoms with Gasteiger partial charge in [0.25, 0.3) is 0 Å². The molecule has 1 amide bonds. The molecule has 0 saturated carbocycles. The molecule has 0 fully saturated rings. The zero-order chi connectivity index (χ0) is 24.1. The van der Waals surface area contributed by atoms with Crippen LogP contribution in [0.15, 0.2) is 60.9 Å². The first-order chi connectivity index (χ1) is 16.4. The number of aryl methyl sites for hydroxylation is 1. The van der Waals surface area contributed by atoms with Gasteiger partial charge < -0.3 is 15.7 Å². The number of nitrogens with one attached hydrogen (secondary N) is 2. The van der Waals surface area contributed by atoms with Crippen molar-refractivity contribution < 1.29 is 18.7 Å². The standard InChI is InChI=1S/C27H29F2N3O2/c1-17(33)32-26(12-18-10-22(28)14-23(29)11-18)27(34)16-31-25-6-2-4-19-7-8-20(13-24(19)25)21-5-3-9-30-15-21/h3,5,7-11,13-15,25-27,31,34H,2,4,6,12,16H2,1H3,(H,32,33)/t25-,26-,27+/m0/s1. The van der Waals surface area contributed by atoms with Crippen LogP contribution in [0.5, 0.6) is 0 Å². The summed E-state index contributed by atoms with van der Waals surface area (Å²) < 4.78 is 27.2. The summed E-state index contributed by atoms with van der Waals surface area (Å²) >= 11 is 0. The Morgan fingerprint density at radius 3 is 2.65 bits per heavy atom. The summed E-state index contributed by atoms with van der Waals surface area (Å²) in [6.07, 6.45) is 5.72. The number of hydrogen-bond acceptors (Lipinski definition) is 4. The molecule has 4 rings (SSSR count). The number of fused-ring (bicyclic) bond motifs is 1. The number of aliphatic hydroxyl groups excluding tert-OH is 1. The molecule has 5 nitrogen and oxygen atoms in total. The molecule has 34 heavy (non-hydrogen) atoms. The van der Waals surface area contributed by atoms with Crippen LogP contribution in [-0.4, -0.2) is 34.7 Å². The van der Waals surface area contributed by atoms with Crippen LogP contribution in [0.1, 0.15) is 42.5 Å². The van der Waals surface area contributed by atoms with Gasteiger partial charge in [-0.2, -0.15) is 0 Å². The Balaban J connectivity index is 1.48. The van der Waals surface area contributed by atoms with E-state index in [2.05, 4.69) is 33.8 Å². The first-order valence-corrected chi connectivity index (χ1v) is 11.6. The van der Waals surface area contributed by atoms with E-state index < -0.39 is 23.8 Å². The van der Waals surface area contributed by atoms with Gasteiger partial charge in [0, 0.05) is 38.0 Å². The third-order valence-electron chi connectivity index (χ3n) is 6.26. The quantitative estimate of drug-likeness (QED) is 0.468. The number of hydrogen-bond donors (Lipinski definition) is 3. The molecule has 0 radical (unpaired) electrons. The van der Waals surface area contributed by atoms with E-state index in [1.54, 1.807) is 6.20 Å². The lowest BCUT2D eigenvalue weighted by Gasteiger charge is -2.30. The number of amides is 1. The average Bonchev–Trinajstić information content (AvgIpc) is 2.81. The molecule has 1 aromatic heterocycles. The van der Waals surface area contributed by atoms with Crippen LogP contribution in [0.3, 0.4) is 0 Å². The minimum absolute atomic E-state index is 0.0552. The molecule has 0 saturated heterocycles. The molecule has 0 unspecified atom stereocenters. The summed E-state index contributed by atoms with van der Waals surface area (Å²) in [5.41, 5.74) is 4.98. The van der Waals surface area contributed by atoms with E-state index in [9.17, 15) is 18.7 Å². The van der Waals surface area contributed by atoms with E-state index in [0.717, 1.165) is 36.5 Å². The molecule has 3 aromatic rings. The van der Waals surface area contributed by atoms with Gasteiger partial charge in [0.2, 0.25) is 5.91 Å². The highest BCUT2D eigenvalue weighted by molar-refractivity contribution is 5.73. The van der Waals surface area contributed by atoms with Crippen LogP contribution < -0.4 is 10.6 Å². The third kappa shape index (κ3) is 6.04. The number of benzene rings is 2. The summed E-state index contributed by atoms with van der Waals surface area (Å²) in [7, 11) is 0. The molecule has 1 heterocycles. The van der Waals surface area contributed by atoms with Crippen molar-refractivity contribution in [2.45, 2.75) is 50.8 Å². The third-order valence-corrected chi connectivity index (χ3v) is 6.26. The van der Waals surface area contributed by atoms with Gasteiger partial charge >= 0.3 is 0 Å². The van der Waals surface area contributed by atoms with Crippen molar-refractivity contribution >= 4 is 5.91 Å². The maximum atomic E-state index is 13.6. The molecular formula is C27H29F2N3O2. The van der Waals surface area contributed by atoms with Crippen molar-refractivity contribution in [2.24, 2.45) is 0 Å². The Hall–Kier alpha value is -3.16. The van der Waals surface area contributed by atoms with Crippen molar-refractivity contribution in [2.75, 3.05) is 6.54 Å². The Kier molecular flexibility index (Phi) is 7.65. The second-order valence-electron chi connectivity index (χ2n) is 8.86. The van der Waals surface area contributed by atoms with E-state index in [4.69, 9.17) is 0 Å². The highest BCUT2D eigenvalue weighted by atomic mass is 19.1. The molecule has 1 aliphatic carbocycles. The summed E-state index contributed by atoms with van der Waals surface area (Å²) in [5.74, 6) is -1.69. The van der Waals surface area contributed by atoms with E-state index in [-0.39, 0.29) is 24.9 Å². The maximum absolute atomic E-state index is 13.6. The first kappa shape index (κ1) is 24.0. The second-order valence-corrected chi connectivity index (χ2v) is 8.86. The molecule has 1 aliphatic rings. The Bertz CT molecular complexity index is 1120. The number of carbonyl (C=O) groups is 1. The minimum Gasteiger partial charge on any atom is -0.390 e. The SMILES string of the molecule is CC(=O)N[C@@H](Cc1cc(F)cc(F)c1)[C@H](O)CN[C@H]1CCCc2ccc(-c3cccnc3)cc21. The molecule has 2 aromatic carbocycles. The van der Waals surface area contributed by atoms with Crippen LogP contribution in [0, 0.1) is 11.6 Å². The van der Waals surface area contributed by atoms with Gasteiger partial charge in [0.05, 0.1) is 12.1 Å². The largest absolute Gasteiger partial charge is 0.390 e. The molecule has 0 aliphatic heterocycles. The number of halogens is 2. The van der Waals surface area contributed by atoms with Gasteiger partial charge in [0.15, 0.2) is 0 Å². The van der Waals surface area contributed by atoms with Crippen molar-refractivity contribution in [3.05, 3.63) is 89.2 Å². The van der Waals surface area contributed by atoms with Crippen LogP contribution in [0.25, 0.3) is 11.1 Å². The van der Waals surface area contributed by atoms with E-state index >= 15 is 0 Å². The molecule has 3 N–H and O–H groups in total. The van der Waals surface area contributed by atoms with Crippen molar-refractivity contribution in [1.82, 2.24) is 15.6 Å². The zero-order valence-electron chi connectivity index (χ0n) is 19.1. The number of carbonyl (C=O) groups excluding carboxylic acids is 1. The van der Waals surface area contributed by atoms with Gasteiger partial charge in [-0.1, -0.05) is 18.2 Å². The van der Waals surface area contributed by atoms with Crippen LogP contribution in [0.4, 0.5) is 8.78 Å². The number of rotatable bonds is 8. The predicted octanol–water partition coefficient (Wildman–Crippen LogP) is 4.10. The predicted molar refractivity (Wildman–Crippen MR) is 127 cm³/mol. The number of nitrogens with zero attached hydrogens (tertiary/aromatic N) is 1. The fraction of sp³-hybridized carbons (Fsp3) is 0.333. The summed E-state index contributed by atoms with van der Waals surface area (Å²) in [6, 6.07) is 13.0. The van der Waals surface area contributed by atoms with E-state index in [1.165, 1.54) is 30.2 Å². The Labute approximate surface area is 198 Å². The summed E-state index contributed by atoms with van der Waals surface area (Å²) in [6.45, 7) is 1.58. The van der Waals surface area contributed by atoms with Crippen LogP contribution >= 0.6 is 0 Å². The highest BCUT2D eigenvalue weighted by Crippen LogP contribution is 2.33. The monoisotopic (exact) mass is 465 g/mol. The van der Waals surface area contributed by atoms with Crippen LogP contribution in [0.2, 0.25) is 0 Å². The summed E-state index contributed by atoms with van der Waals surface area (Å²) in [4.78, 5) is 15.9. The molecule has 178 valence electrons. The van der Waals surface area contributed by atoms with Gasteiger partial charge in [-0.25, -0.2) is 8.78 Å². The van der Waals surface area contributed by atoms with Crippen molar-refractivity contribution in [3.8, 4) is 11.1 Å². The van der Waals surface area contributed by atoms with E-state index in [1.807, 2.05) is 18.3 Å². The molecule has 7 heteroatoms.